The standard InChI is InChI=1S/C24H31ClN2O3/c1-5-22(24(29)26-15-17(2)3)27(16-19-8-6-7-9-21(19)25)23(28)14-18-10-12-20(30-4)13-11-18/h6-13,17,22H,5,14-16H2,1-4H3,(H,26,29). The van der Waals surface area contributed by atoms with Gasteiger partial charge in [-0.2, -0.15) is 0 Å². The Bertz CT molecular complexity index is 837. The molecule has 0 radical (unpaired) electrons. The van der Waals surface area contributed by atoms with E-state index in [0.29, 0.717) is 23.9 Å². The van der Waals surface area contributed by atoms with E-state index in [4.69, 9.17) is 16.3 Å². The maximum atomic E-state index is 13.3. The van der Waals surface area contributed by atoms with Crippen molar-refractivity contribution in [3.63, 3.8) is 0 Å². The number of benzene rings is 2. The summed E-state index contributed by atoms with van der Waals surface area (Å²) >= 11 is 6.34. The van der Waals surface area contributed by atoms with Crippen molar-refractivity contribution in [2.24, 2.45) is 5.92 Å². The summed E-state index contributed by atoms with van der Waals surface area (Å²) in [4.78, 5) is 27.8. The minimum absolute atomic E-state index is 0.119. The summed E-state index contributed by atoms with van der Waals surface area (Å²) in [6.45, 7) is 6.85. The van der Waals surface area contributed by atoms with Gasteiger partial charge in [0, 0.05) is 18.1 Å². The van der Waals surface area contributed by atoms with E-state index >= 15 is 0 Å². The van der Waals surface area contributed by atoms with Crippen LogP contribution in [0.1, 0.15) is 38.3 Å². The van der Waals surface area contributed by atoms with Crippen molar-refractivity contribution >= 4 is 23.4 Å². The van der Waals surface area contributed by atoms with Crippen LogP contribution >= 0.6 is 11.6 Å². The average molecular weight is 431 g/mol. The molecule has 1 atom stereocenters. The first-order chi connectivity index (χ1) is 14.3. The van der Waals surface area contributed by atoms with Gasteiger partial charge in [0.15, 0.2) is 0 Å². The number of nitrogens with zero attached hydrogens (tertiary/aromatic N) is 1. The molecule has 6 heteroatoms. The fraction of sp³-hybridized carbons (Fsp3) is 0.417. The highest BCUT2D eigenvalue weighted by Crippen LogP contribution is 2.21. The molecule has 0 spiro atoms. The highest BCUT2D eigenvalue weighted by atomic mass is 35.5. The van der Waals surface area contributed by atoms with Crippen LogP contribution in [0.15, 0.2) is 48.5 Å². The van der Waals surface area contributed by atoms with E-state index in [0.717, 1.165) is 16.9 Å². The lowest BCUT2D eigenvalue weighted by molar-refractivity contribution is -0.141. The van der Waals surface area contributed by atoms with Gasteiger partial charge < -0.3 is 15.0 Å². The molecule has 2 rings (SSSR count). The van der Waals surface area contributed by atoms with Crippen LogP contribution in [0.3, 0.4) is 0 Å². The first-order valence-electron chi connectivity index (χ1n) is 10.3. The zero-order chi connectivity index (χ0) is 22.1. The van der Waals surface area contributed by atoms with E-state index in [1.165, 1.54) is 0 Å². The topological polar surface area (TPSA) is 58.6 Å². The number of halogens is 1. The molecule has 1 unspecified atom stereocenters. The number of methoxy groups -OCH3 is 1. The van der Waals surface area contributed by atoms with E-state index < -0.39 is 6.04 Å². The summed E-state index contributed by atoms with van der Waals surface area (Å²) in [6, 6.07) is 14.2. The SMILES string of the molecule is CCC(C(=O)NCC(C)C)N(Cc1ccccc1Cl)C(=O)Cc1ccc(OC)cc1. The van der Waals surface area contributed by atoms with Crippen LogP contribution in [0.4, 0.5) is 0 Å². The molecule has 0 saturated heterocycles. The lowest BCUT2D eigenvalue weighted by atomic mass is 10.1. The van der Waals surface area contributed by atoms with Gasteiger partial charge in [0.05, 0.1) is 13.5 Å². The Hall–Kier alpha value is -2.53. The first kappa shape index (κ1) is 23.7. The molecule has 0 aliphatic heterocycles. The summed E-state index contributed by atoms with van der Waals surface area (Å²) in [7, 11) is 1.60. The molecule has 0 aliphatic rings. The van der Waals surface area contributed by atoms with Crippen molar-refractivity contribution in [3.05, 3.63) is 64.7 Å². The monoisotopic (exact) mass is 430 g/mol. The van der Waals surface area contributed by atoms with Crippen molar-refractivity contribution in [3.8, 4) is 5.75 Å². The largest absolute Gasteiger partial charge is 0.497 e. The quantitative estimate of drug-likeness (QED) is 0.605. The Morgan fingerprint density at radius 3 is 2.33 bits per heavy atom. The Morgan fingerprint density at radius 2 is 1.77 bits per heavy atom. The van der Waals surface area contributed by atoms with Gasteiger partial charge >= 0.3 is 0 Å². The molecule has 0 bridgehead atoms. The smallest absolute Gasteiger partial charge is 0.242 e. The third-order valence-corrected chi connectivity index (χ3v) is 5.25. The third kappa shape index (κ3) is 6.77. The number of amides is 2. The zero-order valence-electron chi connectivity index (χ0n) is 18.2. The molecule has 1 N–H and O–H groups in total. The number of carbonyl (C=O) groups is 2. The number of ether oxygens (including phenoxy) is 1. The van der Waals surface area contributed by atoms with Crippen LogP contribution < -0.4 is 10.1 Å². The van der Waals surface area contributed by atoms with Crippen LogP contribution in [0.2, 0.25) is 5.02 Å². The maximum absolute atomic E-state index is 13.3. The van der Waals surface area contributed by atoms with Gasteiger partial charge in [-0.1, -0.05) is 62.7 Å². The van der Waals surface area contributed by atoms with Gasteiger partial charge in [-0.25, -0.2) is 0 Å². The Labute approximate surface area is 184 Å². The normalized spacial score (nSPS) is 11.8. The van der Waals surface area contributed by atoms with E-state index in [1.54, 1.807) is 18.1 Å². The summed E-state index contributed by atoms with van der Waals surface area (Å²) in [6.07, 6.45) is 0.713. The fourth-order valence-corrected chi connectivity index (χ4v) is 3.37. The molecule has 0 saturated carbocycles. The third-order valence-electron chi connectivity index (χ3n) is 4.88. The summed E-state index contributed by atoms with van der Waals surface area (Å²) < 4.78 is 5.18. The van der Waals surface area contributed by atoms with E-state index in [2.05, 4.69) is 5.32 Å². The fourth-order valence-electron chi connectivity index (χ4n) is 3.17. The van der Waals surface area contributed by atoms with Crippen molar-refractivity contribution in [2.75, 3.05) is 13.7 Å². The van der Waals surface area contributed by atoms with Crippen LogP contribution in [0.25, 0.3) is 0 Å². The number of rotatable bonds is 10. The second kappa shape index (κ2) is 11.6. The lowest BCUT2D eigenvalue weighted by Gasteiger charge is -2.31. The van der Waals surface area contributed by atoms with Crippen molar-refractivity contribution < 1.29 is 14.3 Å². The van der Waals surface area contributed by atoms with Crippen LogP contribution in [-0.2, 0) is 22.6 Å². The molecule has 2 aromatic rings. The number of hydrogen-bond acceptors (Lipinski definition) is 3. The molecule has 0 fully saturated rings. The molecular weight excluding hydrogens is 400 g/mol. The predicted octanol–water partition coefficient (Wildman–Crippen LogP) is 4.47. The van der Waals surface area contributed by atoms with Crippen molar-refractivity contribution in [2.45, 2.75) is 46.2 Å². The van der Waals surface area contributed by atoms with Crippen molar-refractivity contribution in [1.29, 1.82) is 0 Å². The summed E-state index contributed by atoms with van der Waals surface area (Å²) in [5.74, 6) is 0.810. The maximum Gasteiger partial charge on any atom is 0.242 e. The molecule has 5 nitrogen and oxygen atoms in total. The van der Waals surface area contributed by atoms with Gasteiger partial charge in [0.1, 0.15) is 11.8 Å². The molecule has 0 heterocycles. The average Bonchev–Trinajstić information content (AvgIpc) is 2.73. The van der Waals surface area contributed by atoms with E-state index in [9.17, 15) is 9.59 Å². The minimum Gasteiger partial charge on any atom is -0.497 e. The second-order valence-electron chi connectivity index (χ2n) is 7.70. The number of carbonyl (C=O) groups excluding carboxylic acids is 2. The van der Waals surface area contributed by atoms with Crippen LogP contribution in [0.5, 0.6) is 5.75 Å². The number of hydrogen-bond donors (Lipinski definition) is 1. The lowest BCUT2D eigenvalue weighted by Crippen LogP contribution is -2.50. The van der Waals surface area contributed by atoms with Gasteiger partial charge in [0.2, 0.25) is 11.8 Å². The van der Waals surface area contributed by atoms with Crippen LogP contribution in [0, 0.1) is 5.92 Å². The predicted molar refractivity (Wildman–Crippen MR) is 121 cm³/mol. The number of nitrogens with one attached hydrogen (secondary N) is 1. The van der Waals surface area contributed by atoms with E-state index in [-0.39, 0.29) is 24.8 Å². The van der Waals surface area contributed by atoms with Gasteiger partial charge in [-0.15, -0.1) is 0 Å². The van der Waals surface area contributed by atoms with Gasteiger partial charge in [-0.05, 0) is 41.7 Å². The summed E-state index contributed by atoms with van der Waals surface area (Å²) in [5, 5.41) is 3.55. The second-order valence-corrected chi connectivity index (χ2v) is 8.11. The van der Waals surface area contributed by atoms with E-state index in [1.807, 2.05) is 63.2 Å². The summed E-state index contributed by atoms with van der Waals surface area (Å²) in [5.41, 5.74) is 1.68. The molecule has 2 amide bonds. The molecule has 0 aromatic heterocycles. The van der Waals surface area contributed by atoms with Crippen molar-refractivity contribution in [1.82, 2.24) is 10.2 Å². The molecule has 2 aromatic carbocycles. The highest BCUT2D eigenvalue weighted by molar-refractivity contribution is 6.31. The molecule has 0 aliphatic carbocycles. The Morgan fingerprint density at radius 1 is 1.10 bits per heavy atom. The van der Waals surface area contributed by atoms with Crippen LogP contribution in [-0.4, -0.2) is 36.4 Å². The van der Waals surface area contributed by atoms with Gasteiger partial charge in [-0.3, -0.25) is 9.59 Å². The minimum atomic E-state index is -0.564. The molecular formula is C24H31ClN2O3. The Kier molecular flexibility index (Phi) is 9.18. The van der Waals surface area contributed by atoms with Gasteiger partial charge in [0.25, 0.3) is 0 Å². The first-order valence-corrected chi connectivity index (χ1v) is 10.7. The molecule has 162 valence electrons. The zero-order valence-corrected chi connectivity index (χ0v) is 18.9. The molecule has 30 heavy (non-hydrogen) atoms. The Balaban J connectivity index is 2.27. The highest BCUT2D eigenvalue weighted by Gasteiger charge is 2.29.